The van der Waals surface area contributed by atoms with E-state index in [-0.39, 0.29) is 36.5 Å². The molecule has 0 spiro atoms. The summed E-state index contributed by atoms with van der Waals surface area (Å²) in [6.45, 7) is 13.8. The molecule has 1 aliphatic carbocycles. The van der Waals surface area contributed by atoms with Gasteiger partial charge in [0.25, 0.3) is 8.32 Å². The molecule has 19 heavy (non-hydrogen) atoms. The van der Waals surface area contributed by atoms with Gasteiger partial charge in [0.05, 0.1) is 12.2 Å². The number of hydrogen-bond acceptors (Lipinski definition) is 1. The predicted molar refractivity (Wildman–Crippen MR) is 77.2 cm³/mol. The molecule has 0 saturated heterocycles. The average molecular weight is 395 g/mol. The van der Waals surface area contributed by atoms with Gasteiger partial charge < -0.3 is 21.4 Å². The molecule has 0 atom stereocenters. The molecule has 0 bridgehead atoms. The van der Waals surface area contributed by atoms with E-state index < -0.39 is 8.32 Å². The fourth-order valence-corrected chi connectivity index (χ4v) is 8.25. The van der Waals surface area contributed by atoms with Crippen molar-refractivity contribution in [2.45, 2.75) is 58.2 Å². The first-order chi connectivity index (χ1) is 7.91. The molecular weight excluding hydrogens is 370 g/mol. The molecule has 0 unspecified atom stereocenters. The van der Waals surface area contributed by atoms with Gasteiger partial charge in [-0.05, 0) is 34.9 Å². The van der Waals surface area contributed by atoms with E-state index in [4.69, 9.17) is 4.43 Å². The van der Waals surface area contributed by atoms with Crippen molar-refractivity contribution >= 4 is 8.32 Å². The molecule has 0 aliphatic heterocycles. The van der Waals surface area contributed by atoms with Gasteiger partial charge in [0, 0.05) is 19.5 Å². The van der Waals surface area contributed by atoms with Crippen LogP contribution in [0.2, 0.25) is 16.6 Å². The molecule has 0 aromatic carbocycles. The minimum Gasteiger partial charge on any atom is -1.00 e. The van der Waals surface area contributed by atoms with Crippen LogP contribution in [0.5, 0.6) is 0 Å². The van der Waals surface area contributed by atoms with Gasteiger partial charge in [-0.2, -0.15) is 0 Å². The minimum absolute atomic E-state index is 0. The second-order valence-corrected chi connectivity index (χ2v) is 11.0. The van der Waals surface area contributed by atoms with Crippen molar-refractivity contribution in [3.8, 4) is 0 Å². The fraction of sp³-hybridized carbons (Fsp3) is 0.600. The second kappa shape index (κ2) is 9.34. The monoisotopic (exact) mass is 392 g/mol. The molecule has 0 saturated carbocycles. The van der Waals surface area contributed by atoms with E-state index in [2.05, 4.69) is 47.3 Å². The van der Waals surface area contributed by atoms with Crippen molar-refractivity contribution < 1.29 is 40.9 Å². The Hall–Kier alpha value is 0.380. The van der Waals surface area contributed by atoms with E-state index in [0.29, 0.717) is 16.6 Å². The van der Waals surface area contributed by atoms with E-state index in [1.165, 1.54) is 0 Å². The molecule has 1 rings (SSSR count). The third-order valence-corrected chi connectivity index (χ3v) is 9.69. The Morgan fingerprint density at radius 3 is 1.74 bits per heavy atom. The van der Waals surface area contributed by atoms with Gasteiger partial charge >= 0.3 is 0 Å². The second-order valence-electron chi connectivity index (χ2n) is 5.66. The van der Waals surface area contributed by atoms with E-state index in [9.17, 15) is 0 Å². The smallest absolute Gasteiger partial charge is 0.258 e. The van der Waals surface area contributed by atoms with Crippen LogP contribution in [-0.4, -0.2) is 8.32 Å². The predicted octanol–water partition coefficient (Wildman–Crippen LogP) is 1.99. The van der Waals surface area contributed by atoms with Gasteiger partial charge in [-0.25, -0.2) is 0 Å². The number of rotatable bonds is 5. The summed E-state index contributed by atoms with van der Waals surface area (Å²) >= 11 is 0. The van der Waals surface area contributed by atoms with E-state index in [1.807, 2.05) is 24.6 Å². The quantitative estimate of drug-likeness (QED) is 0.512. The zero-order valence-corrected chi connectivity index (χ0v) is 18.6. The molecular formula is C15H25BrOSiZn-. The average Bonchev–Trinajstić information content (AvgIpc) is 2.25. The summed E-state index contributed by atoms with van der Waals surface area (Å²) < 4.78 is 6.51. The van der Waals surface area contributed by atoms with Crippen LogP contribution in [0, 0.1) is 6.42 Å². The Balaban J connectivity index is 0. The van der Waals surface area contributed by atoms with Gasteiger partial charge in [-0.15, -0.1) is 5.73 Å². The van der Waals surface area contributed by atoms with Crippen LogP contribution in [0.3, 0.4) is 0 Å². The zero-order valence-electron chi connectivity index (χ0n) is 13.0. The van der Waals surface area contributed by atoms with Crippen molar-refractivity contribution in [2.24, 2.45) is 0 Å². The first kappa shape index (κ1) is 21.7. The van der Waals surface area contributed by atoms with Gasteiger partial charge in [-0.3, -0.25) is 0 Å². The maximum atomic E-state index is 6.51. The van der Waals surface area contributed by atoms with Gasteiger partial charge in [0.1, 0.15) is 0 Å². The van der Waals surface area contributed by atoms with Crippen LogP contribution >= 0.6 is 0 Å². The van der Waals surface area contributed by atoms with Crippen LogP contribution < -0.4 is 17.0 Å². The topological polar surface area (TPSA) is 9.23 Å². The molecule has 0 N–H and O–H groups in total. The van der Waals surface area contributed by atoms with Crippen molar-refractivity contribution in [1.82, 2.24) is 0 Å². The van der Waals surface area contributed by atoms with Crippen LogP contribution in [0.25, 0.3) is 0 Å². The molecule has 4 heteroatoms. The summed E-state index contributed by atoms with van der Waals surface area (Å²) in [5.74, 6) is 1.01. The Bertz CT molecular complexity index is 333. The maximum absolute atomic E-state index is 6.51. The summed E-state index contributed by atoms with van der Waals surface area (Å²) in [6, 6.07) is 0. The zero-order chi connectivity index (χ0) is 13.1. The maximum Gasteiger partial charge on any atom is 0.258 e. The van der Waals surface area contributed by atoms with Gasteiger partial charge in [0.2, 0.25) is 0 Å². The Labute approximate surface area is 143 Å². The summed E-state index contributed by atoms with van der Waals surface area (Å²) in [5.41, 5.74) is 4.89. The normalized spacial score (nSPS) is 14.3. The summed E-state index contributed by atoms with van der Waals surface area (Å²) in [5, 5.41) is 0. The van der Waals surface area contributed by atoms with Crippen LogP contribution in [-0.2, 0) is 23.9 Å². The minimum atomic E-state index is -1.78. The standard InChI is InChI=1S/C15H25OSi.BrH.Zn/c1-12(2)17(13(3)4,14(5)6)16-15-10-8-7-9-11-15;;/h8-14H,1-6H3;1H;/p-1. The summed E-state index contributed by atoms with van der Waals surface area (Å²) in [4.78, 5) is 0. The molecule has 0 amide bonds. The molecule has 105 valence electrons. The fourth-order valence-electron chi connectivity index (χ4n) is 3.00. The van der Waals surface area contributed by atoms with Crippen molar-refractivity contribution in [3.05, 3.63) is 36.1 Å². The van der Waals surface area contributed by atoms with Crippen LogP contribution in [0.15, 0.2) is 29.7 Å². The Morgan fingerprint density at radius 1 is 0.947 bits per heavy atom. The number of halogens is 1. The van der Waals surface area contributed by atoms with E-state index >= 15 is 0 Å². The largest absolute Gasteiger partial charge is 1.00 e. The molecule has 0 aromatic rings. The van der Waals surface area contributed by atoms with Gasteiger partial charge in [-0.1, -0.05) is 41.5 Å². The molecule has 0 heterocycles. The molecule has 1 nitrogen and oxygen atoms in total. The van der Waals surface area contributed by atoms with Crippen LogP contribution in [0.1, 0.15) is 41.5 Å². The molecule has 0 aromatic heterocycles. The van der Waals surface area contributed by atoms with Crippen LogP contribution in [0.4, 0.5) is 0 Å². The van der Waals surface area contributed by atoms with E-state index in [0.717, 1.165) is 5.76 Å². The summed E-state index contributed by atoms with van der Waals surface area (Å²) in [7, 11) is -1.78. The third kappa shape index (κ3) is 5.01. The molecule has 1 aliphatic rings. The first-order valence-corrected chi connectivity index (χ1v) is 8.70. The Morgan fingerprint density at radius 2 is 1.42 bits per heavy atom. The SMILES string of the molecule is CC(C)[Si](OC1=CC=C=C[CH]1)(C(C)C)C(C)C.[Br-].[Zn]. The van der Waals surface area contributed by atoms with Crippen molar-refractivity contribution in [3.63, 3.8) is 0 Å². The summed E-state index contributed by atoms with van der Waals surface area (Å²) in [6.07, 6.45) is 7.90. The number of allylic oxidation sites excluding steroid dienone is 2. The first-order valence-electron chi connectivity index (χ1n) is 6.56. The number of hydrogen-bond donors (Lipinski definition) is 0. The third-order valence-electron chi connectivity index (χ3n) is 3.69. The molecule has 1 radical (unpaired) electrons. The van der Waals surface area contributed by atoms with Crippen molar-refractivity contribution in [2.75, 3.05) is 0 Å². The molecule has 0 fully saturated rings. The Kier molecular flexibility index (Phi) is 10.7. The van der Waals surface area contributed by atoms with Crippen molar-refractivity contribution in [1.29, 1.82) is 0 Å². The van der Waals surface area contributed by atoms with E-state index in [1.54, 1.807) is 0 Å². The van der Waals surface area contributed by atoms with Gasteiger partial charge in [0.15, 0.2) is 0 Å².